The molecule has 5 heteroatoms. The van der Waals surface area contributed by atoms with E-state index in [4.69, 9.17) is 9.47 Å². The minimum Gasteiger partial charge on any atom is -0.467 e. The zero-order valence-corrected chi connectivity index (χ0v) is 13.5. The lowest BCUT2D eigenvalue weighted by molar-refractivity contribution is -0.143. The topological polar surface area (TPSA) is 64.6 Å². The van der Waals surface area contributed by atoms with Gasteiger partial charge in [0.05, 0.1) is 7.11 Å². The summed E-state index contributed by atoms with van der Waals surface area (Å²) in [6.45, 7) is 5.33. The predicted molar refractivity (Wildman–Crippen MR) is 80.9 cm³/mol. The number of amides is 1. The van der Waals surface area contributed by atoms with Crippen molar-refractivity contribution in [1.82, 2.24) is 5.32 Å². The highest BCUT2D eigenvalue weighted by Crippen LogP contribution is 2.25. The number of alkyl carbamates (subject to hydrolysis) is 1. The second kappa shape index (κ2) is 8.05. The van der Waals surface area contributed by atoms with Gasteiger partial charge in [-0.25, -0.2) is 9.59 Å². The quantitative estimate of drug-likeness (QED) is 0.625. The van der Waals surface area contributed by atoms with Crippen LogP contribution >= 0.6 is 0 Å². The molecule has 21 heavy (non-hydrogen) atoms. The molecule has 120 valence electrons. The SMILES string of the molecule is COC(=O)[C@H](C/C=C/C1CCCC1)NC(=O)OC(C)(C)C. The minimum absolute atomic E-state index is 0.419. The van der Waals surface area contributed by atoms with Crippen LogP contribution < -0.4 is 5.32 Å². The zero-order chi connectivity index (χ0) is 15.9. The predicted octanol–water partition coefficient (Wildman–Crippen LogP) is 3.19. The molecule has 0 spiro atoms. The van der Waals surface area contributed by atoms with Crippen molar-refractivity contribution in [3.63, 3.8) is 0 Å². The molecule has 5 nitrogen and oxygen atoms in total. The van der Waals surface area contributed by atoms with Gasteiger partial charge in [0.15, 0.2) is 0 Å². The van der Waals surface area contributed by atoms with Gasteiger partial charge in [0.1, 0.15) is 11.6 Å². The molecule has 1 atom stereocenters. The number of carbonyl (C=O) groups is 2. The molecule has 0 aromatic carbocycles. The van der Waals surface area contributed by atoms with Crippen molar-refractivity contribution < 1.29 is 19.1 Å². The molecule has 1 amide bonds. The van der Waals surface area contributed by atoms with Crippen molar-refractivity contribution in [3.05, 3.63) is 12.2 Å². The number of hydrogen-bond donors (Lipinski definition) is 1. The van der Waals surface area contributed by atoms with Crippen molar-refractivity contribution in [3.8, 4) is 0 Å². The monoisotopic (exact) mass is 297 g/mol. The summed E-state index contributed by atoms with van der Waals surface area (Å²) >= 11 is 0. The molecule has 1 N–H and O–H groups in total. The molecular weight excluding hydrogens is 270 g/mol. The molecule has 0 heterocycles. The van der Waals surface area contributed by atoms with Crippen LogP contribution in [0.5, 0.6) is 0 Å². The van der Waals surface area contributed by atoms with Crippen molar-refractivity contribution in [1.29, 1.82) is 0 Å². The molecule has 0 aromatic heterocycles. The smallest absolute Gasteiger partial charge is 0.408 e. The van der Waals surface area contributed by atoms with Gasteiger partial charge in [0, 0.05) is 0 Å². The third-order valence-corrected chi connectivity index (χ3v) is 3.36. The molecular formula is C16H27NO4. The number of nitrogens with one attached hydrogen (secondary N) is 1. The summed E-state index contributed by atoms with van der Waals surface area (Å²) in [7, 11) is 1.31. The van der Waals surface area contributed by atoms with Crippen LogP contribution in [0.3, 0.4) is 0 Å². The van der Waals surface area contributed by atoms with Crippen LogP contribution in [0.25, 0.3) is 0 Å². The number of allylic oxidation sites excluding steroid dienone is 1. The molecule has 0 radical (unpaired) electrons. The summed E-state index contributed by atoms with van der Waals surface area (Å²) < 4.78 is 9.88. The lowest BCUT2D eigenvalue weighted by Crippen LogP contribution is -2.43. The van der Waals surface area contributed by atoms with Gasteiger partial charge < -0.3 is 14.8 Å². The van der Waals surface area contributed by atoms with Crippen LogP contribution in [0.2, 0.25) is 0 Å². The Morgan fingerprint density at radius 2 is 1.90 bits per heavy atom. The molecule has 0 bridgehead atoms. The fraction of sp³-hybridized carbons (Fsp3) is 0.750. The van der Waals surface area contributed by atoms with E-state index in [2.05, 4.69) is 11.4 Å². The lowest BCUT2D eigenvalue weighted by atomic mass is 10.1. The average Bonchev–Trinajstić information content (AvgIpc) is 2.87. The second-order valence-corrected chi connectivity index (χ2v) is 6.43. The summed E-state index contributed by atoms with van der Waals surface area (Å²) in [6, 6.07) is -0.706. The number of hydrogen-bond acceptors (Lipinski definition) is 4. The Bertz CT molecular complexity index is 378. The van der Waals surface area contributed by atoms with E-state index in [-0.39, 0.29) is 0 Å². The minimum atomic E-state index is -0.706. The molecule has 1 aliphatic carbocycles. The Morgan fingerprint density at radius 3 is 2.43 bits per heavy atom. The van der Waals surface area contributed by atoms with Gasteiger partial charge in [-0.05, 0) is 46.0 Å². The van der Waals surface area contributed by atoms with E-state index in [1.54, 1.807) is 20.8 Å². The van der Waals surface area contributed by atoms with E-state index in [0.717, 1.165) is 0 Å². The van der Waals surface area contributed by atoms with Crippen LogP contribution in [0.1, 0.15) is 52.9 Å². The molecule has 1 rings (SSSR count). The Kier molecular flexibility index (Phi) is 6.72. The van der Waals surface area contributed by atoms with Crippen molar-refractivity contribution in [2.24, 2.45) is 5.92 Å². The van der Waals surface area contributed by atoms with Gasteiger partial charge in [0.2, 0.25) is 0 Å². The average molecular weight is 297 g/mol. The first-order valence-corrected chi connectivity index (χ1v) is 7.56. The maximum Gasteiger partial charge on any atom is 0.408 e. The fourth-order valence-electron chi connectivity index (χ4n) is 2.36. The standard InChI is InChI=1S/C16H27NO4/c1-16(2,3)21-15(19)17-13(14(18)20-4)11-7-10-12-8-5-6-9-12/h7,10,12-13H,5-6,8-9,11H2,1-4H3,(H,17,19)/b10-7+/t13-/m0/s1. The highest BCUT2D eigenvalue weighted by atomic mass is 16.6. The summed E-state index contributed by atoms with van der Waals surface area (Å²) in [5.74, 6) is 0.141. The molecule has 0 aliphatic heterocycles. The summed E-state index contributed by atoms with van der Waals surface area (Å²) in [5.41, 5.74) is -0.593. The van der Waals surface area contributed by atoms with Crippen LogP contribution in [0.4, 0.5) is 4.79 Å². The third-order valence-electron chi connectivity index (χ3n) is 3.36. The van der Waals surface area contributed by atoms with Crippen LogP contribution in [-0.4, -0.2) is 30.8 Å². The summed E-state index contributed by atoms with van der Waals surface area (Å²) in [4.78, 5) is 23.5. The lowest BCUT2D eigenvalue weighted by Gasteiger charge is -2.22. The maximum atomic E-state index is 11.7. The molecule has 0 unspecified atom stereocenters. The van der Waals surface area contributed by atoms with Gasteiger partial charge in [-0.15, -0.1) is 0 Å². The van der Waals surface area contributed by atoms with Gasteiger partial charge in [-0.1, -0.05) is 25.0 Å². The first kappa shape index (κ1) is 17.5. The number of methoxy groups -OCH3 is 1. The zero-order valence-electron chi connectivity index (χ0n) is 13.5. The summed E-state index contributed by atoms with van der Waals surface area (Å²) in [5, 5.41) is 2.56. The molecule has 0 aromatic rings. The normalized spacial score (nSPS) is 17.7. The molecule has 1 saturated carbocycles. The van der Waals surface area contributed by atoms with E-state index < -0.39 is 23.7 Å². The van der Waals surface area contributed by atoms with E-state index in [1.165, 1.54) is 32.8 Å². The Balaban J connectivity index is 2.51. The third kappa shape index (κ3) is 7.16. The van der Waals surface area contributed by atoms with Crippen LogP contribution in [0.15, 0.2) is 12.2 Å². The Morgan fingerprint density at radius 1 is 1.29 bits per heavy atom. The van der Waals surface area contributed by atoms with Gasteiger partial charge >= 0.3 is 12.1 Å². The number of esters is 1. The number of ether oxygens (including phenoxy) is 2. The first-order chi connectivity index (χ1) is 9.81. The largest absolute Gasteiger partial charge is 0.467 e. The van der Waals surface area contributed by atoms with E-state index in [0.29, 0.717) is 12.3 Å². The van der Waals surface area contributed by atoms with Gasteiger partial charge in [-0.3, -0.25) is 0 Å². The molecule has 1 aliphatic rings. The number of rotatable bonds is 5. The van der Waals surface area contributed by atoms with Gasteiger partial charge in [-0.2, -0.15) is 0 Å². The Labute approximate surface area is 127 Å². The highest BCUT2D eigenvalue weighted by Gasteiger charge is 2.24. The highest BCUT2D eigenvalue weighted by molar-refractivity contribution is 5.81. The van der Waals surface area contributed by atoms with Crippen molar-refractivity contribution in [2.45, 2.75) is 64.5 Å². The van der Waals surface area contributed by atoms with Crippen molar-refractivity contribution >= 4 is 12.1 Å². The van der Waals surface area contributed by atoms with Crippen LogP contribution in [0, 0.1) is 5.92 Å². The van der Waals surface area contributed by atoms with Gasteiger partial charge in [0.25, 0.3) is 0 Å². The van der Waals surface area contributed by atoms with Crippen molar-refractivity contribution in [2.75, 3.05) is 7.11 Å². The van der Waals surface area contributed by atoms with E-state index in [1.807, 2.05) is 6.08 Å². The van der Waals surface area contributed by atoms with E-state index >= 15 is 0 Å². The summed E-state index contributed by atoms with van der Waals surface area (Å²) in [6.07, 6.45) is 8.86. The first-order valence-electron chi connectivity index (χ1n) is 7.56. The molecule has 0 saturated heterocycles. The fourth-order valence-corrected chi connectivity index (χ4v) is 2.36. The Hall–Kier alpha value is -1.52. The van der Waals surface area contributed by atoms with Crippen LogP contribution in [-0.2, 0) is 14.3 Å². The van der Waals surface area contributed by atoms with E-state index in [9.17, 15) is 9.59 Å². The number of carbonyl (C=O) groups excluding carboxylic acids is 2. The second-order valence-electron chi connectivity index (χ2n) is 6.43. The maximum absolute atomic E-state index is 11.7. The molecule has 1 fully saturated rings.